The second-order valence-electron chi connectivity index (χ2n) is 19.6. The van der Waals surface area contributed by atoms with Crippen LogP contribution in [0.5, 0.6) is 0 Å². The van der Waals surface area contributed by atoms with E-state index in [-0.39, 0.29) is 105 Å². The highest BCUT2D eigenvalue weighted by atomic mass is 16.7. The summed E-state index contributed by atoms with van der Waals surface area (Å²) in [6.07, 6.45) is 2.00. The van der Waals surface area contributed by atoms with Crippen LogP contribution in [-0.2, 0) is 49.3 Å². The number of carbonyl (C=O) groups excluding carboxylic acids is 2. The SMILES string of the molecule is C=C1C[C@@H]2CC[C@@]3(O)C[C@@H](O)[C@@H]4CC5C4O[C@H]4CC[C@H](CC(=O)C[C@@H]6[C@@H](OC)[C@@H](C[C@H](O)COC(=O)c7ccc(CO)cc7)O[C@H]6C[C@H]6O[C@H](CCC6=C)CC[C@@H]1O2)O[C@@H]4[C@@H]5O3. The first kappa shape index (κ1) is 44.6. The maximum Gasteiger partial charge on any atom is 0.338 e. The number of ether oxygens (including phenoxy) is 8. The first-order chi connectivity index (χ1) is 29.9. The molecule has 0 radical (unpaired) electrons. The molecule has 8 heterocycles. The zero-order valence-electron chi connectivity index (χ0n) is 35.9. The Morgan fingerprint density at radius 3 is 2.39 bits per heavy atom. The maximum absolute atomic E-state index is 14.2. The zero-order chi connectivity index (χ0) is 43.3. The van der Waals surface area contributed by atoms with E-state index in [1.54, 1.807) is 31.4 Å². The van der Waals surface area contributed by atoms with E-state index in [2.05, 4.69) is 13.2 Å². The van der Waals surface area contributed by atoms with Crippen LogP contribution in [-0.4, -0.2) is 137 Å². The summed E-state index contributed by atoms with van der Waals surface area (Å²) < 4.78 is 51.7. The summed E-state index contributed by atoms with van der Waals surface area (Å²) in [5, 5.41) is 44.0. The predicted octanol–water partition coefficient (Wildman–Crippen LogP) is 4.41. The van der Waals surface area contributed by atoms with Gasteiger partial charge in [0.2, 0.25) is 0 Å². The van der Waals surface area contributed by atoms with Crippen molar-refractivity contribution in [2.45, 2.75) is 194 Å². The van der Waals surface area contributed by atoms with Crippen LogP contribution in [0.2, 0.25) is 0 Å². The second kappa shape index (κ2) is 18.7. The lowest BCUT2D eigenvalue weighted by Crippen LogP contribution is -2.70. The molecule has 1 aromatic rings. The van der Waals surface area contributed by atoms with Gasteiger partial charge in [0.1, 0.15) is 18.5 Å². The molecule has 14 nitrogen and oxygen atoms in total. The number of fused-ring (bicyclic) bond motifs is 7. The summed E-state index contributed by atoms with van der Waals surface area (Å²) in [5.41, 5.74) is 2.99. The summed E-state index contributed by atoms with van der Waals surface area (Å²) in [5.74, 6) is -2.62. The van der Waals surface area contributed by atoms with E-state index < -0.39 is 54.5 Å². The van der Waals surface area contributed by atoms with Gasteiger partial charge in [-0.15, -0.1) is 0 Å². The fourth-order valence-electron chi connectivity index (χ4n) is 12.0. The maximum atomic E-state index is 14.2. The van der Waals surface area contributed by atoms with Crippen molar-refractivity contribution in [3.63, 3.8) is 0 Å². The Bertz CT molecular complexity index is 1790. The van der Waals surface area contributed by atoms with Crippen molar-refractivity contribution >= 4 is 11.8 Å². The number of methoxy groups -OCH3 is 1. The minimum Gasteiger partial charge on any atom is -0.459 e. The molecular weight excluding hydrogens is 801 g/mol. The Morgan fingerprint density at radius 2 is 1.60 bits per heavy atom. The monoisotopic (exact) mass is 866 g/mol. The molecule has 0 spiro atoms. The molecule has 62 heavy (non-hydrogen) atoms. The van der Waals surface area contributed by atoms with Crippen molar-refractivity contribution in [1.82, 2.24) is 0 Å². The predicted molar refractivity (Wildman–Crippen MR) is 222 cm³/mol. The molecule has 2 unspecified atom stereocenters. The molecule has 10 rings (SSSR count). The van der Waals surface area contributed by atoms with E-state index in [9.17, 15) is 30.0 Å². The molecule has 1 saturated carbocycles. The molecule has 18 atom stereocenters. The van der Waals surface area contributed by atoms with Gasteiger partial charge in [0.05, 0.1) is 91.5 Å². The van der Waals surface area contributed by atoms with Gasteiger partial charge in [-0.2, -0.15) is 0 Å². The van der Waals surface area contributed by atoms with Crippen LogP contribution in [0, 0.1) is 17.8 Å². The van der Waals surface area contributed by atoms with Gasteiger partial charge >= 0.3 is 5.97 Å². The number of aliphatic hydroxyl groups is 4. The number of hydrogen-bond acceptors (Lipinski definition) is 14. The Labute approximate surface area is 364 Å². The summed E-state index contributed by atoms with van der Waals surface area (Å²) >= 11 is 0. The molecule has 0 aromatic heterocycles. The van der Waals surface area contributed by atoms with Crippen LogP contribution in [0.4, 0.5) is 0 Å². The van der Waals surface area contributed by atoms with Gasteiger partial charge in [-0.05, 0) is 86.6 Å². The molecular formula is C48H66O14. The Morgan fingerprint density at radius 1 is 0.823 bits per heavy atom. The lowest BCUT2D eigenvalue weighted by molar-refractivity contribution is -0.369. The minimum absolute atomic E-state index is 0.00656. The number of Topliss-reactive ketones (excluding diaryl/α,β-unsaturated/α-hetero) is 1. The zero-order valence-corrected chi connectivity index (χ0v) is 35.9. The number of carbonyl (C=O) groups is 2. The van der Waals surface area contributed by atoms with Crippen LogP contribution < -0.4 is 0 Å². The Balaban J connectivity index is 0.932. The van der Waals surface area contributed by atoms with Gasteiger partial charge < -0.3 is 58.3 Å². The van der Waals surface area contributed by atoms with Gasteiger partial charge in [-0.1, -0.05) is 25.3 Å². The highest BCUT2D eigenvalue weighted by Gasteiger charge is 2.62. The molecule has 14 heteroatoms. The summed E-state index contributed by atoms with van der Waals surface area (Å²) in [6.45, 7) is 8.36. The molecule has 342 valence electrons. The second-order valence-corrected chi connectivity index (χ2v) is 19.6. The molecule has 11 bridgehead atoms. The molecule has 9 fully saturated rings. The van der Waals surface area contributed by atoms with Crippen LogP contribution in [0.15, 0.2) is 48.6 Å². The molecule has 9 aliphatic rings. The third-order valence-corrected chi connectivity index (χ3v) is 15.4. The first-order valence-corrected chi connectivity index (χ1v) is 23.2. The standard InChI is InChI=1S/C48H66O14/c1-25-4-9-31-10-12-38-26(2)16-33(58-38)14-15-48(54)22-37(52)34-20-36-43(34)61-39-13-11-32(59-46(39)45(36)62-48)17-29(50)18-35-41(21-40(25)57-31)60-42(44(35)55-3)19-30(51)24-56-47(53)28-7-5-27(23-49)6-8-28/h5-8,30-46,49,51-52,54H,1-2,4,9-24H2,3H3/t30-,31+,32+,33-,34-,35-,36?,37+,38-,39-,40+,41-,42+,43?,44+,45+,46-,48-/m0/s1. The van der Waals surface area contributed by atoms with Crippen LogP contribution in [0.3, 0.4) is 0 Å². The number of aliphatic hydroxyl groups excluding tert-OH is 3. The Hall–Kier alpha value is -2.60. The molecule has 0 amide bonds. The van der Waals surface area contributed by atoms with Crippen molar-refractivity contribution in [3.8, 4) is 0 Å². The van der Waals surface area contributed by atoms with E-state index in [1.165, 1.54) is 0 Å². The van der Waals surface area contributed by atoms with Gasteiger partial charge in [-0.3, -0.25) is 4.79 Å². The van der Waals surface area contributed by atoms with Gasteiger partial charge in [-0.25, -0.2) is 4.79 Å². The van der Waals surface area contributed by atoms with Crippen molar-refractivity contribution < 1.29 is 67.9 Å². The minimum atomic E-state index is -1.57. The third-order valence-electron chi connectivity index (χ3n) is 15.4. The van der Waals surface area contributed by atoms with Crippen LogP contribution >= 0.6 is 0 Å². The number of benzene rings is 1. The lowest BCUT2D eigenvalue weighted by Gasteiger charge is -2.61. The van der Waals surface area contributed by atoms with Crippen LogP contribution in [0.1, 0.15) is 112 Å². The fraction of sp³-hybridized carbons (Fsp3) is 0.750. The third kappa shape index (κ3) is 9.40. The van der Waals surface area contributed by atoms with Gasteiger partial charge in [0.15, 0.2) is 5.79 Å². The molecule has 4 N–H and O–H groups in total. The highest BCUT2D eigenvalue weighted by Crippen LogP contribution is 2.54. The largest absolute Gasteiger partial charge is 0.459 e. The topological polar surface area (TPSA) is 189 Å². The quantitative estimate of drug-likeness (QED) is 0.223. The van der Waals surface area contributed by atoms with E-state index >= 15 is 0 Å². The smallest absolute Gasteiger partial charge is 0.338 e. The van der Waals surface area contributed by atoms with Crippen molar-refractivity contribution in [1.29, 1.82) is 0 Å². The fourth-order valence-corrected chi connectivity index (χ4v) is 12.0. The normalized spacial score (nSPS) is 44.0. The van der Waals surface area contributed by atoms with Crippen molar-refractivity contribution in [3.05, 3.63) is 59.7 Å². The number of rotatable bonds is 7. The number of esters is 1. The summed E-state index contributed by atoms with van der Waals surface area (Å²) in [6, 6.07) is 6.43. The lowest BCUT2D eigenvalue weighted by atomic mass is 9.61. The average molecular weight is 867 g/mol. The van der Waals surface area contributed by atoms with E-state index in [1.807, 2.05) is 0 Å². The molecule has 8 saturated heterocycles. The summed E-state index contributed by atoms with van der Waals surface area (Å²) in [7, 11) is 1.59. The summed E-state index contributed by atoms with van der Waals surface area (Å²) in [4.78, 5) is 27.0. The van der Waals surface area contributed by atoms with Crippen molar-refractivity contribution in [2.75, 3.05) is 13.7 Å². The number of hydrogen-bond donors (Lipinski definition) is 4. The highest BCUT2D eigenvalue weighted by molar-refractivity contribution is 5.89. The van der Waals surface area contributed by atoms with Crippen molar-refractivity contribution in [2.24, 2.45) is 17.8 Å². The van der Waals surface area contributed by atoms with E-state index in [4.69, 9.17) is 37.9 Å². The molecule has 8 aliphatic heterocycles. The van der Waals surface area contributed by atoms with E-state index in [0.717, 1.165) is 43.3 Å². The van der Waals surface area contributed by atoms with E-state index in [0.29, 0.717) is 49.7 Å². The Kier molecular flexibility index (Phi) is 13.5. The van der Waals surface area contributed by atoms with Crippen LogP contribution in [0.25, 0.3) is 0 Å². The molecule has 1 aliphatic carbocycles. The number of ketones is 1. The first-order valence-electron chi connectivity index (χ1n) is 23.2. The average Bonchev–Trinajstić information content (AvgIpc) is 3.76. The van der Waals surface area contributed by atoms with Gasteiger partial charge in [0.25, 0.3) is 0 Å². The molecule has 1 aromatic carbocycles. The van der Waals surface area contributed by atoms with Gasteiger partial charge in [0, 0.05) is 63.4 Å².